The molecule has 0 atom stereocenters. The molecule has 118 valence electrons. The third-order valence-corrected chi connectivity index (χ3v) is 3.45. The Balaban J connectivity index is 2.13. The summed E-state index contributed by atoms with van der Waals surface area (Å²) >= 11 is 0. The van der Waals surface area contributed by atoms with Crippen LogP contribution < -0.4 is 5.32 Å². The number of hydrogen-bond acceptors (Lipinski definition) is 2. The van der Waals surface area contributed by atoms with Gasteiger partial charge in [0.05, 0.1) is 0 Å². The second kappa shape index (κ2) is 7.40. The smallest absolute Gasteiger partial charge is 0.251 e. The fraction of sp³-hybridized carbons (Fsp3) is 0.105. The molecule has 2 aromatic rings. The summed E-state index contributed by atoms with van der Waals surface area (Å²) in [6.45, 7) is 5.57. The van der Waals surface area contributed by atoms with Crippen LogP contribution in [-0.4, -0.2) is 11.0 Å². The van der Waals surface area contributed by atoms with Crippen molar-refractivity contribution in [3.05, 3.63) is 83.2 Å². The fourth-order valence-corrected chi connectivity index (χ4v) is 2.11. The Hall–Kier alpha value is -2.88. The third kappa shape index (κ3) is 4.07. The molecule has 3 nitrogen and oxygen atoms in total. The van der Waals surface area contributed by atoms with Crippen LogP contribution in [0.5, 0.6) is 5.75 Å². The SMILES string of the molecule is C=C/C=C\c1cc(C(=O)NCc2cccc(O)c2F)ccc1C. The molecule has 0 radical (unpaired) electrons. The van der Waals surface area contributed by atoms with Crippen LogP contribution in [-0.2, 0) is 6.54 Å². The van der Waals surface area contributed by atoms with Gasteiger partial charge in [-0.2, -0.15) is 0 Å². The van der Waals surface area contributed by atoms with E-state index in [1.54, 1.807) is 24.3 Å². The van der Waals surface area contributed by atoms with Gasteiger partial charge in [-0.15, -0.1) is 0 Å². The van der Waals surface area contributed by atoms with Crippen molar-refractivity contribution in [3.8, 4) is 5.75 Å². The summed E-state index contributed by atoms with van der Waals surface area (Å²) < 4.78 is 13.7. The van der Waals surface area contributed by atoms with Crippen molar-refractivity contribution >= 4 is 12.0 Å². The number of carbonyl (C=O) groups is 1. The largest absolute Gasteiger partial charge is 0.505 e. The number of aryl methyl sites for hydroxylation is 1. The maximum atomic E-state index is 13.7. The minimum Gasteiger partial charge on any atom is -0.505 e. The van der Waals surface area contributed by atoms with E-state index >= 15 is 0 Å². The first-order valence-electron chi connectivity index (χ1n) is 7.17. The highest BCUT2D eigenvalue weighted by Gasteiger charge is 2.10. The summed E-state index contributed by atoms with van der Waals surface area (Å²) in [6, 6.07) is 9.65. The van der Waals surface area contributed by atoms with Crippen LogP contribution in [0.3, 0.4) is 0 Å². The Morgan fingerprint density at radius 3 is 2.87 bits per heavy atom. The number of aromatic hydroxyl groups is 1. The summed E-state index contributed by atoms with van der Waals surface area (Å²) in [6.07, 6.45) is 5.33. The first-order chi connectivity index (χ1) is 11.0. The van der Waals surface area contributed by atoms with E-state index in [0.717, 1.165) is 11.1 Å². The topological polar surface area (TPSA) is 49.3 Å². The van der Waals surface area contributed by atoms with Gasteiger partial charge in [-0.1, -0.05) is 43.0 Å². The van der Waals surface area contributed by atoms with E-state index in [1.807, 2.05) is 19.1 Å². The number of phenolic OH excluding ortho intramolecular Hbond substituents is 1. The highest BCUT2D eigenvalue weighted by atomic mass is 19.1. The van der Waals surface area contributed by atoms with E-state index in [-0.39, 0.29) is 18.0 Å². The van der Waals surface area contributed by atoms with Crippen LogP contribution in [0.4, 0.5) is 4.39 Å². The highest BCUT2D eigenvalue weighted by molar-refractivity contribution is 5.94. The maximum absolute atomic E-state index is 13.7. The molecule has 0 heterocycles. The third-order valence-electron chi connectivity index (χ3n) is 3.45. The predicted molar refractivity (Wildman–Crippen MR) is 89.6 cm³/mol. The number of rotatable bonds is 5. The van der Waals surface area contributed by atoms with E-state index in [2.05, 4.69) is 11.9 Å². The first kappa shape index (κ1) is 16.5. The molecule has 0 spiro atoms. The first-order valence-corrected chi connectivity index (χ1v) is 7.17. The molecule has 0 bridgehead atoms. The van der Waals surface area contributed by atoms with Gasteiger partial charge in [-0.05, 0) is 36.2 Å². The molecule has 23 heavy (non-hydrogen) atoms. The van der Waals surface area contributed by atoms with Crippen LogP contribution in [0.25, 0.3) is 6.08 Å². The lowest BCUT2D eigenvalue weighted by Gasteiger charge is -2.09. The summed E-state index contributed by atoms with van der Waals surface area (Å²) in [5.74, 6) is -1.45. The highest BCUT2D eigenvalue weighted by Crippen LogP contribution is 2.18. The van der Waals surface area contributed by atoms with Gasteiger partial charge in [0.1, 0.15) is 0 Å². The Morgan fingerprint density at radius 2 is 2.13 bits per heavy atom. The van der Waals surface area contributed by atoms with Crippen LogP contribution >= 0.6 is 0 Å². The lowest BCUT2D eigenvalue weighted by atomic mass is 10.0. The van der Waals surface area contributed by atoms with Crippen LogP contribution in [0, 0.1) is 12.7 Å². The average molecular weight is 311 g/mol. The van der Waals surface area contributed by atoms with Crippen molar-refractivity contribution in [2.75, 3.05) is 0 Å². The van der Waals surface area contributed by atoms with Crippen LogP contribution in [0.15, 0.2) is 55.1 Å². The molecular formula is C19H18FNO2. The Kier molecular flexibility index (Phi) is 5.31. The van der Waals surface area contributed by atoms with Crippen molar-refractivity contribution in [3.63, 3.8) is 0 Å². The summed E-state index contributed by atoms with van der Waals surface area (Å²) in [5, 5.41) is 12.0. The molecule has 0 fully saturated rings. The number of phenols is 1. The van der Waals surface area contributed by atoms with E-state index in [9.17, 15) is 14.3 Å². The standard InChI is InChI=1S/C19H18FNO2/c1-3-4-6-14-11-15(10-9-13(14)2)19(23)21-12-16-7-5-8-17(22)18(16)20/h3-11,22H,1,12H2,2H3,(H,21,23)/b6-4-. The van der Waals surface area contributed by atoms with Crippen molar-refractivity contribution < 1.29 is 14.3 Å². The zero-order valence-corrected chi connectivity index (χ0v) is 12.8. The van der Waals surface area contributed by atoms with Gasteiger partial charge >= 0.3 is 0 Å². The van der Waals surface area contributed by atoms with E-state index in [1.165, 1.54) is 18.2 Å². The second-order valence-electron chi connectivity index (χ2n) is 5.10. The Bertz CT molecular complexity index is 766. The maximum Gasteiger partial charge on any atom is 0.251 e. The molecule has 0 saturated heterocycles. The van der Waals surface area contributed by atoms with Gasteiger partial charge in [0.25, 0.3) is 5.91 Å². The Labute approximate surface area is 134 Å². The van der Waals surface area contributed by atoms with Gasteiger partial charge in [-0.25, -0.2) is 4.39 Å². The molecule has 0 aromatic heterocycles. The number of halogens is 1. The second-order valence-corrected chi connectivity index (χ2v) is 5.10. The summed E-state index contributed by atoms with van der Waals surface area (Å²) in [4.78, 5) is 12.2. The lowest BCUT2D eigenvalue weighted by Crippen LogP contribution is -2.23. The normalized spacial score (nSPS) is 10.7. The van der Waals surface area contributed by atoms with Crippen molar-refractivity contribution in [1.82, 2.24) is 5.32 Å². The number of allylic oxidation sites excluding steroid dienone is 2. The molecular weight excluding hydrogens is 293 g/mol. The summed E-state index contributed by atoms with van der Waals surface area (Å²) in [5.41, 5.74) is 2.68. The monoisotopic (exact) mass is 311 g/mol. The predicted octanol–water partition coefficient (Wildman–Crippen LogP) is 3.97. The van der Waals surface area contributed by atoms with Crippen molar-refractivity contribution in [2.24, 2.45) is 0 Å². The van der Waals surface area contributed by atoms with E-state index in [4.69, 9.17) is 0 Å². The molecule has 2 rings (SSSR count). The van der Waals surface area contributed by atoms with Crippen LogP contribution in [0.2, 0.25) is 0 Å². The Morgan fingerprint density at radius 1 is 1.35 bits per heavy atom. The lowest BCUT2D eigenvalue weighted by molar-refractivity contribution is 0.0950. The average Bonchev–Trinajstić information content (AvgIpc) is 2.55. The number of amides is 1. The fourth-order valence-electron chi connectivity index (χ4n) is 2.11. The van der Waals surface area contributed by atoms with Gasteiger partial charge < -0.3 is 10.4 Å². The molecule has 2 aromatic carbocycles. The van der Waals surface area contributed by atoms with Crippen molar-refractivity contribution in [2.45, 2.75) is 13.5 Å². The molecule has 2 N–H and O–H groups in total. The zero-order chi connectivity index (χ0) is 16.8. The minimum absolute atomic E-state index is 0.00474. The zero-order valence-electron chi connectivity index (χ0n) is 12.8. The number of hydrogen-bond donors (Lipinski definition) is 2. The number of benzene rings is 2. The van der Waals surface area contributed by atoms with Crippen LogP contribution in [0.1, 0.15) is 27.0 Å². The molecule has 0 unspecified atom stereocenters. The van der Waals surface area contributed by atoms with E-state index in [0.29, 0.717) is 5.56 Å². The quantitative estimate of drug-likeness (QED) is 0.821. The number of carbonyl (C=O) groups excluding carboxylic acids is 1. The van der Waals surface area contributed by atoms with Gasteiger partial charge in [0.15, 0.2) is 11.6 Å². The minimum atomic E-state index is -0.716. The number of nitrogens with one attached hydrogen (secondary N) is 1. The van der Waals surface area contributed by atoms with Gasteiger partial charge in [-0.3, -0.25) is 4.79 Å². The summed E-state index contributed by atoms with van der Waals surface area (Å²) in [7, 11) is 0. The molecule has 0 saturated carbocycles. The molecule has 1 amide bonds. The molecule has 4 heteroatoms. The molecule has 0 aliphatic heterocycles. The van der Waals surface area contributed by atoms with Gasteiger partial charge in [0.2, 0.25) is 0 Å². The van der Waals surface area contributed by atoms with Gasteiger partial charge in [0, 0.05) is 17.7 Å². The molecule has 0 aliphatic carbocycles. The van der Waals surface area contributed by atoms with E-state index < -0.39 is 11.6 Å². The molecule has 0 aliphatic rings. The van der Waals surface area contributed by atoms with Crippen molar-refractivity contribution in [1.29, 1.82) is 0 Å².